The molecule has 0 aliphatic carbocycles. The van der Waals surface area contributed by atoms with Gasteiger partial charge in [-0.15, -0.1) is 11.8 Å². The van der Waals surface area contributed by atoms with Gasteiger partial charge in [0.15, 0.2) is 0 Å². The SMILES string of the molecule is CCC1SCC(C(=O)O)N1C(=O)NCCC(C)SC. The van der Waals surface area contributed by atoms with Gasteiger partial charge in [0, 0.05) is 17.5 Å². The first-order chi connectivity index (χ1) is 9.01. The highest BCUT2D eigenvalue weighted by molar-refractivity contribution is 8.00. The lowest BCUT2D eigenvalue weighted by atomic mass is 10.2. The van der Waals surface area contributed by atoms with Crippen molar-refractivity contribution in [2.45, 2.75) is 43.4 Å². The highest BCUT2D eigenvalue weighted by Crippen LogP contribution is 2.31. The summed E-state index contributed by atoms with van der Waals surface area (Å²) in [5.74, 6) is -0.446. The summed E-state index contributed by atoms with van der Waals surface area (Å²) in [7, 11) is 0. The average molecular weight is 306 g/mol. The van der Waals surface area contributed by atoms with E-state index in [1.165, 1.54) is 16.7 Å². The first-order valence-electron chi connectivity index (χ1n) is 6.44. The normalized spacial score (nSPS) is 24.3. The second-order valence-corrected chi connectivity index (χ2v) is 7.01. The van der Waals surface area contributed by atoms with E-state index < -0.39 is 12.0 Å². The number of carboxylic acid groups (broad SMARTS) is 1. The van der Waals surface area contributed by atoms with Gasteiger partial charge in [-0.2, -0.15) is 11.8 Å². The number of nitrogens with one attached hydrogen (secondary N) is 1. The largest absolute Gasteiger partial charge is 0.480 e. The molecule has 19 heavy (non-hydrogen) atoms. The molecule has 7 heteroatoms. The van der Waals surface area contributed by atoms with E-state index in [0.29, 0.717) is 17.5 Å². The summed E-state index contributed by atoms with van der Waals surface area (Å²) in [5.41, 5.74) is 0. The van der Waals surface area contributed by atoms with Crippen molar-refractivity contribution in [2.24, 2.45) is 0 Å². The van der Waals surface area contributed by atoms with Crippen LogP contribution in [0.5, 0.6) is 0 Å². The number of aliphatic carboxylic acids is 1. The van der Waals surface area contributed by atoms with Gasteiger partial charge in [0.25, 0.3) is 0 Å². The molecule has 0 radical (unpaired) electrons. The third kappa shape index (κ3) is 4.49. The van der Waals surface area contributed by atoms with Crippen molar-refractivity contribution in [2.75, 3.05) is 18.6 Å². The molecule has 1 rings (SSSR count). The summed E-state index contributed by atoms with van der Waals surface area (Å²) in [5, 5.41) is 12.5. The molecule has 0 spiro atoms. The molecule has 1 saturated heterocycles. The lowest BCUT2D eigenvalue weighted by Crippen LogP contribution is -2.50. The van der Waals surface area contributed by atoms with Gasteiger partial charge >= 0.3 is 12.0 Å². The predicted octanol–water partition coefficient (Wildman–Crippen LogP) is 2.08. The zero-order valence-electron chi connectivity index (χ0n) is 11.6. The second kappa shape index (κ2) is 7.89. The summed E-state index contributed by atoms with van der Waals surface area (Å²) < 4.78 is 0. The van der Waals surface area contributed by atoms with Crippen LogP contribution in [-0.4, -0.2) is 57.2 Å². The molecular weight excluding hydrogens is 284 g/mol. The summed E-state index contributed by atoms with van der Waals surface area (Å²) >= 11 is 3.30. The molecule has 1 aliphatic rings. The quantitative estimate of drug-likeness (QED) is 0.786. The lowest BCUT2D eigenvalue weighted by molar-refractivity contribution is -0.141. The van der Waals surface area contributed by atoms with Crippen molar-refractivity contribution in [3.05, 3.63) is 0 Å². The van der Waals surface area contributed by atoms with Crippen LogP contribution in [0.1, 0.15) is 26.7 Å². The van der Waals surface area contributed by atoms with Crippen LogP contribution in [0, 0.1) is 0 Å². The molecule has 1 fully saturated rings. The van der Waals surface area contributed by atoms with Crippen molar-refractivity contribution in [1.29, 1.82) is 0 Å². The van der Waals surface area contributed by atoms with Crippen LogP contribution >= 0.6 is 23.5 Å². The van der Waals surface area contributed by atoms with Gasteiger partial charge in [-0.1, -0.05) is 13.8 Å². The van der Waals surface area contributed by atoms with Crippen LogP contribution in [0.25, 0.3) is 0 Å². The standard InChI is InChI=1S/C12H22N2O3S2/c1-4-10-14(9(7-19-10)11(15)16)12(17)13-6-5-8(2)18-3/h8-10H,4-7H2,1-3H3,(H,13,17)(H,15,16). The van der Waals surface area contributed by atoms with Crippen molar-refractivity contribution >= 4 is 35.5 Å². The Bertz CT molecular complexity index is 328. The van der Waals surface area contributed by atoms with Crippen LogP contribution in [-0.2, 0) is 4.79 Å². The molecule has 5 nitrogen and oxygen atoms in total. The Morgan fingerprint density at radius 1 is 1.58 bits per heavy atom. The molecule has 1 aliphatic heterocycles. The van der Waals surface area contributed by atoms with Crippen LogP contribution in [0.2, 0.25) is 0 Å². The molecule has 3 unspecified atom stereocenters. The minimum Gasteiger partial charge on any atom is -0.480 e. The highest BCUT2D eigenvalue weighted by Gasteiger charge is 2.40. The number of urea groups is 1. The van der Waals surface area contributed by atoms with Crippen molar-refractivity contribution < 1.29 is 14.7 Å². The van der Waals surface area contributed by atoms with Gasteiger partial charge in [0.1, 0.15) is 6.04 Å². The third-order valence-electron chi connectivity index (χ3n) is 3.19. The number of hydrogen-bond donors (Lipinski definition) is 2. The summed E-state index contributed by atoms with van der Waals surface area (Å²) in [6.07, 6.45) is 3.70. The zero-order chi connectivity index (χ0) is 14.4. The number of carboxylic acids is 1. The van der Waals surface area contributed by atoms with Gasteiger partial charge in [-0.3, -0.25) is 4.90 Å². The molecule has 0 saturated carbocycles. The number of carbonyl (C=O) groups is 2. The molecule has 1 heterocycles. The molecule has 2 N–H and O–H groups in total. The summed E-state index contributed by atoms with van der Waals surface area (Å²) in [4.78, 5) is 24.8. The molecule has 0 aromatic rings. The van der Waals surface area contributed by atoms with Gasteiger partial charge in [-0.25, -0.2) is 9.59 Å². The van der Waals surface area contributed by atoms with E-state index >= 15 is 0 Å². The van der Waals surface area contributed by atoms with Crippen LogP contribution < -0.4 is 5.32 Å². The van der Waals surface area contributed by atoms with E-state index in [-0.39, 0.29) is 11.4 Å². The van der Waals surface area contributed by atoms with E-state index in [9.17, 15) is 9.59 Å². The van der Waals surface area contributed by atoms with Crippen LogP contribution in [0.15, 0.2) is 0 Å². The van der Waals surface area contributed by atoms with Crippen LogP contribution in [0.4, 0.5) is 4.79 Å². The molecule has 0 aromatic carbocycles. The number of amides is 2. The van der Waals surface area contributed by atoms with Crippen molar-refractivity contribution in [3.8, 4) is 0 Å². The Labute approximate surface area is 122 Å². The van der Waals surface area contributed by atoms with Crippen molar-refractivity contribution in [1.82, 2.24) is 10.2 Å². The number of rotatable bonds is 6. The fourth-order valence-electron chi connectivity index (χ4n) is 1.93. The fourth-order valence-corrected chi connectivity index (χ4v) is 3.63. The molecule has 0 bridgehead atoms. The summed E-state index contributed by atoms with van der Waals surface area (Å²) in [6.45, 7) is 4.67. The maximum Gasteiger partial charge on any atom is 0.327 e. The van der Waals surface area contributed by atoms with Gasteiger partial charge in [0.05, 0.1) is 5.37 Å². The van der Waals surface area contributed by atoms with E-state index in [0.717, 1.165) is 12.8 Å². The fraction of sp³-hybridized carbons (Fsp3) is 0.833. The Morgan fingerprint density at radius 3 is 2.79 bits per heavy atom. The van der Waals surface area contributed by atoms with E-state index in [1.54, 1.807) is 11.8 Å². The van der Waals surface area contributed by atoms with E-state index in [1.807, 2.05) is 13.2 Å². The van der Waals surface area contributed by atoms with Crippen molar-refractivity contribution in [3.63, 3.8) is 0 Å². The number of carbonyl (C=O) groups excluding carboxylic acids is 1. The molecule has 0 aromatic heterocycles. The second-order valence-electron chi connectivity index (χ2n) is 4.52. The molecule has 3 atom stereocenters. The zero-order valence-corrected chi connectivity index (χ0v) is 13.2. The third-order valence-corrected chi connectivity index (χ3v) is 5.68. The molecule has 2 amide bonds. The predicted molar refractivity (Wildman–Crippen MR) is 80.8 cm³/mol. The first-order valence-corrected chi connectivity index (χ1v) is 8.78. The maximum absolute atomic E-state index is 12.1. The van der Waals surface area contributed by atoms with Crippen LogP contribution in [0.3, 0.4) is 0 Å². The minimum absolute atomic E-state index is 0.0286. The Balaban J connectivity index is 2.53. The Kier molecular flexibility index (Phi) is 6.85. The number of thioether (sulfide) groups is 2. The Hall–Kier alpha value is -0.560. The smallest absolute Gasteiger partial charge is 0.327 e. The molecular formula is C12H22N2O3S2. The maximum atomic E-state index is 12.1. The monoisotopic (exact) mass is 306 g/mol. The molecule has 110 valence electrons. The first kappa shape index (κ1) is 16.5. The Morgan fingerprint density at radius 2 is 2.26 bits per heavy atom. The average Bonchev–Trinajstić information content (AvgIpc) is 2.82. The van der Waals surface area contributed by atoms with Gasteiger partial charge < -0.3 is 10.4 Å². The lowest BCUT2D eigenvalue weighted by Gasteiger charge is -2.27. The van der Waals surface area contributed by atoms with E-state index in [2.05, 4.69) is 12.2 Å². The highest BCUT2D eigenvalue weighted by atomic mass is 32.2. The topological polar surface area (TPSA) is 69.6 Å². The van der Waals surface area contributed by atoms with Gasteiger partial charge in [-0.05, 0) is 19.1 Å². The number of hydrogen-bond acceptors (Lipinski definition) is 4. The van der Waals surface area contributed by atoms with Gasteiger partial charge in [0.2, 0.25) is 0 Å². The van der Waals surface area contributed by atoms with E-state index in [4.69, 9.17) is 5.11 Å². The number of nitrogens with zero attached hydrogens (tertiary/aromatic N) is 1. The minimum atomic E-state index is -0.920. The summed E-state index contributed by atoms with van der Waals surface area (Å²) in [6, 6.07) is -0.953.